The molecule has 2 N–H and O–H groups in total. The second kappa shape index (κ2) is 4.98. The highest BCUT2D eigenvalue weighted by molar-refractivity contribution is 5.20. The van der Waals surface area contributed by atoms with Crippen molar-refractivity contribution in [2.45, 2.75) is 31.8 Å². The smallest absolute Gasteiger partial charge is 0.0453 e. The summed E-state index contributed by atoms with van der Waals surface area (Å²) in [5.74, 6) is 0.802. The van der Waals surface area contributed by atoms with Crippen molar-refractivity contribution in [2.24, 2.45) is 11.7 Å². The zero-order valence-corrected chi connectivity index (χ0v) is 10.3. The van der Waals surface area contributed by atoms with Gasteiger partial charge in [0.05, 0.1) is 0 Å². The molecule has 3 atom stereocenters. The van der Waals surface area contributed by atoms with Crippen molar-refractivity contribution >= 4 is 0 Å². The molecule has 0 saturated carbocycles. The minimum Gasteiger partial charge on any atom is -0.323 e. The quantitative estimate of drug-likeness (QED) is 0.826. The zero-order valence-electron chi connectivity index (χ0n) is 10.3. The van der Waals surface area contributed by atoms with Crippen LogP contribution in [0.5, 0.6) is 0 Å². The number of piperidine rings is 1. The minimum absolute atomic E-state index is 0.147. The molecule has 2 nitrogen and oxygen atoms in total. The van der Waals surface area contributed by atoms with E-state index >= 15 is 0 Å². The van der Waals surface area contributed by atoms with E-state index in [1.807, 2.05) is 6.07 Å². The number of likely N-dealkylation sites (N-methyl/N-ethyl adjacent to an activating group) is 1. The minimum atomic E-state index is 0.147. The Bertz CT molecular complexity index is 323. The average Bonchev–Trinajstić information content (AvgIpc) is 2.32. The van der Waals surface area contributed by atoms with Gasteiger partial charge in [0.2, 0.25) is 0 Å². The van der Waals surface area contributed by atoms with E-state index in [4.69, 9.17) is 5.73 Å². The molecule has 1 aromatic carbocycles. The van der Waals surface area contributed by atoms with E-state index in [-0.39, 0.29) is 6.04 Å². The summed E-state index contributed by atoms with van der Waals surface area (Å²) < 4.78 is 0. The first-order chi connectivity index (χ1) is 7.68. The molecule has 0 amide bonds. The fourth-order valence-electron chi connectivity index (χ4n) is 2.62. The molecule has 3 unspecified atom stereocenters. The number of rotatable bonds is 2. The largest absolute Gasteiger partial charge is 0.323 e. The molecule has 0 radical (unpaired) electrons. The Morgan fingerprint density at radius 2 is 2.00 bits per heavy atom. The van der Waals surface area contributed by atoms with Crippen molar-refractivity contribution in [3.05, 3.63) is 35.9 Å². The highest BCUT2D eigenvalue weighted by Gasteiger charge is 2.28. The predicted molar refractivity (Wildman–Crippen MR) is 68.2 cm³/mol. The SMILES string of the molecule is CC1CCN(C)C(C(N)c2ccccc2)C1. The predicted octanol–water partition coefficient (Wildman–Crippen LogP) is 2.42. The van der Waals surface area contributed by atoms with E-state index in [0.717, 1.165) is 5.92 Å². The molecule has 2 rings (SSSR count). The Hall–Kier alpha value is -0.860. The summed E-state index contributed by atoms with van der Waals surface area (Å²) in [4.78, 5) is 2.41. The monoisotopic (exact) mass is 218 g/mol. The van der Waals surface area contributed by atoms with E-state index in [1.54, 1.807) is 0 Å². The summed E-state index contributed by atoms with van der Waals surface area (Å²) in [6.45, 7) is 3.50. The summed E-state index contributed by atoms with van der Waals surface area (Å²) in [5.41, 5.74) is 7.64. The number of nitrogens with zero attached hydrogens (tertiary/aromatic N) is 1. The summed E-state index contributed by atoms with van der Waals surface area (Å²) in [6.07, 6.45) is 2.51. The molecular formula is C14H22N2. The first kappa shape index (κ1) is 11.6. The van der Waals surface area contributed by atoms with Gasteiger partial charge in [0.25, 0.3) is 0 Å². The van der Waals surface area contributed by atoms with E-state index in [1.165, 1.54) is 24.9 Å². The van der Waals surface area contributed by atoms with Gasteiger partial charge in [-0.3, -0.25) is 0 Å². The maximum Gasteiger partial charge on any atom is 0.0453 e. The summed E-state index contributed by atoms with van der Waals surface area (Å²) in [7, 11) is 2.19. The maximum atomic E-state index is 6.38. The lowest BCUT2D eigenvalue weighted by atomic mass is 9.86. The summed E-state index contributed by atoms with van der Waals surface area (Å²) in [6, 6.07) is 11.1. The molecule has 1 fully saturated rings. The van der Waals surface area contributed by atoms with Crippen molar-refractivity contribution in [3.63, 3.8) is 0 Å². The van der Waals surface area contributed by atoms with Gasteiger partial charge >= 0.3 is 0 Å². The van der Waals surface area contributed by atoms with Crippen molar-refractivity contribution < 1.29 is 0 Å². The molecule has 1 heterocycles. The zero-order chi connectivity index (χ0) is 11.5. The number of nitrogens with two attached hydrogens (primary N) is 1. The molecule has 1 aliphatic rings. The topological polar surface area (TPSA) is 29.3 Å². The second-order valence-corrected chi connectivity index (χ2v) is 5.11. The molecule has 2 heteroatoms. The number of benzene rings is 1. The van der Waals surface area contributed by atoms with E-state index in [2.05, 4.69) is 43.1 Å². The third kappa shape index (κ3) is 2.45. The second-order valence-electron chi connectivity index (χ2n) is 5.11. The van der Waals surface area contributed by atoms with Crippen molar-refractivity contribution in [2.75, 3.05) is 13.6 Å². The molecule has 1 aromatic rings. The van der Waals surface area contributed by atoms with Gasteiger partial charge in [0.15, 0.2) is 0 Å². The van der Waals surface area contributed by atoms with Gasteiger partial charge in [-0.1, -0.05) is 37.3 Å². The van der Waals surface area contributed by atoms with Crippen LogP contribution >= 0.6 is 0 Å². The van der Waals surface area contributed by atoms with Crippen LogP contribution in [0.25, 0.3) is 0 Å². The molecule has 88 valence electrons. The van der Waals surface area contributed by atoms with Crippen LogP contribution < -0.4 is 5.73 Å². The molecule has 0 aliphatic carbocycles. The number of hydrogen-bond acceptors (Lipinski definition) is 2. The lowest BCUT2D eigenvalue weighted by molar-refractivity contribution is 0.127. The van der Waals surface area contributed by atoms with Gasteiger partial charge in [0.1, 0.15) is 0 Å². The first-order valence-corrected chi connectivity index (χ1v) is 6.19. The Morgan fingerprint density at radius 3 is 2.69 bits per heavy atom. The number of hydrogen-bond donors (Lipinski definition) is 1. The van der Waals surface area contributed by atoms with Crippen molar-refractivity contribution in [1.29, 1.82) is 0 Å². The van der Waals surface area contributed by atoms with Gasteiger partial charge in [-0.05, 0) is 37.9 Å². The van der Waals surface area contributed by atoms with E-state index < -0.39 is 0 Å². The Morgan fingerprint density at radius 1 is 1.31 bits per heavy atom. The van der Waals surface area contributed by atoms with Crippen LogP contribution in [0, 0.1) is 5.92 Å². The Balaban J connectivity index is 2.11. The normalized spacial score (nSPS) is 28.9. The van der Waals surface area contributed by atoms with Crippen LogP contribution in [-0.2, 0) is 0 Å². The van der Waals surface area contributed by atoms with Crippen LogP contribution in [0.4, 0.5) is 0 Å². The van der Waals surface area contributed by atoms with Gasteiger partial charge in [-0.15, -0.1) is 0 Å². The van der Waals surface area contributed by atoms with Crippen molar-refractivity contribution in [1.82, 2.24) is 4.90 Å². The van der Waals surface area contributed by atoms with Crippen LogP contribution in [-0.4, -0.2) is 24.5 Å². The molecular weight excluding hydrogens is 196 g/mol. The number of likely N-dealkylation sites (tertiary alicyclic amines) is 1. The Labute approximate surface area is 98.4 Å². The Kier molecular flexibility index (Phi) is 3.62. The highest BCUT2D eigenvalue weighted by Crippen LogP contribution is 2.28. The molecule has 0 aromatic heterocycles. The van der Waals surface area contributed by atoms with Gasteiger partial charge in [-0.2, -0.15) is 0 Å². The fourth-order valence-corrected chi connectivity index (χ4v) is 2.62. The lowest BCUT2D eigenvalue weighted by Crippen LogP contribution is -2.45. The van der Waals surface area contributed by atoms with Crippen LogP contribution in [0.1, 0.15) is 31.4 Å². The summed E-state index contributed by atoms with van der Waals surface area (Å²) >= 11 is 0. The lowest BCUT2D eigenvalue weighted by Gasteiger charge is -2.39. The standard InChI is InChI=1S/C14H22N2/c1-11-8-9-16(2)13(10-11)14(15)12-6-4-3-5-7-12/h3-7,11,13-14H,8-10,15H2,1-2H3. The molecule has 16 heavy (non-hydrogen) atoms. The van der Waals surface area contributed by atoms with Gasteiger partial charge in [0, 0.05) is 12.1 Å². The first-order valence-electron chi connectivity index (χ1n) is 6.19. The average molecular weight is 218 g/mol. The molecule has 1 aliphatic heterocycles. The maximum absolute atomic E-state index is 6.38. The van der Waals surface area contributed by atoms with Gasteiger partial charge < -0.3 is 10.6 Å². The van der Waals surface area contributed by atoms with Crippen LogP contribution in [0.15, 0.2) is 30.3 Å². The van der Waals surface area contributed by atoms with Crippen molar-refractivity contribution in [3.8, 4) is 0 Å². The van der Waals surface area contributed by atoms with E-state index in [0.29, 0.717) is 6.04 Å². The molecule has 0 bridgehead atoms. The fraction of sp³-hybridized carbons (Fsp3) is 0.571. The highest BCUT2D eigenvalue weighted by atomic mass is 15.2. The molecule has 0 spiro atoms. The summed E-state index contributed by atoms with van der Waals surface area (Å²) in [5, 5.41) is 0. The van der Waals surface area contributed by atoms with Gasteiger partial charge in [-0.25, -0.2) is 0 Å². The molecule has 1 saturated heterocycles. The third-order valence-corrected chi connectivity index (χ3v) is 3.78. The third-order valence-electron chi connectivity index (χ3n) is 3.78. The van der Waals surface area contributed by atoms with Crippen LogP contribution in [0.3, 0.4) is 0 Å². The van der Waals surface area contributed by atoms with Crippen LogP contribution in [0.2, 0.25) is 0 Å². The van der Waals surface area contributed by atoms with E-state index in [9.17, 15) is 0 Å².